The normalized spacial score (nSPS) is 11.4. The molecule has 5 aromatic rings. The Hall–Kier alpha value is -4.10. The van der Waals surface area contributed by atoms with Crippen molar-refractivity contribution in [3.8, 4) is 10.4 Å². The number of hydrogen-bond acceptors (Lipinski definition) is 8. The molecule has 0 bridgehead atoms. The lowest BCUT2D eigenvalue weighted by molar-refractivity contribution is -0.137. The van der Waals surface area contributed by atoms with Gasteiger partial charge in [0.15, 0.2) is 5.13 Å². The molecule has 0 radical (unpaired) electrons. The van der Waals surface area contributed by atoms with Gasteiger partial charge in [-0.25, -0.2) is 19.7 Å². The molecule has 4 aromatic heterocycles. The summed E-state index contributed by atoms with van der Waals surface area (Å²) in [6, 6.07) is 9.63. The van der Waals surface area contributed by atoms with Crippen LogP contribution < -0.4 is 16.0 Å². The second kappa shape index (κ2) is 10.5. The van der Waals surface area contributed by atoms with Gasteiger partial charge in [-0.15, -0.1) is 22.7 Å². The Labute approximate surface area is 216 Å². The first-order chi connectivity index (χ1) is 17.8. The highest BCUT2D eigenvalue weighted by atomic mass is 32.1. The van der Waals surface area contributed by atoms with Gasteiger partial charge in [-0.1, -0.05) is 12.1 Å². The summed E-state index contributed by atoms with van der Waals surface area (Å²) in [5.74, 6) is 0.730. The van der Waals surface area contributed by atoms with Crippen LogP contribution in [-0.4, -0.2) is 32.5 Å². The number of pyridine rings is 1. The number of benzene rings is 1. The van der Waals surface area contributed by atoms with E-state index in [-0.39, 0.29) is 5.69 Å². The van der Waals surface area contributed by atoms with Gasteiger partial charge in [0.1, 0.15) is 12.1 Å². The molecule has 0 saturated heterocycles. The van der Waals surface area contributed by atoms with Crippen LogP contribution in [0.5, 0.6) is 0 Å². The van der Waals surface area contributed by atoms with Gasteiger partial charge in [0.2, 0.25) is 0 Å². The second-order valence-electron chi connectivity index (χ2n) is 7.76. The van der Waals surface area contributed by atoms with Crippen LogP contribution in [0.1, 0.15) is 10.4 Å². The minimum atomic E-state index is -4.49. The highest BCUT2D eigenvalue weighted by Crippen LogP contribution is 2.35. The van der Waals surface area contributed by atoms with Crippen LogP contribution in [0.2, 0.25) is 0 Å². The Bertz CT molecular complexity index is 1540. The van der Waals surface area contributed by atoms with E-state index in [1.165, 1.54) is 29.8 Å². The second-order valence-corrected chi connectivity index (χ2v) is 9.92. The van der Waals surface area contributed by atoms with Gasteiger partial charge >= 0.3 is 12.2 Å². The fourth-order valence-corrected chi connectivity index (χ4v) is 5.32. The number of nitrogens with one attached hydrogen (secondary N) is 3. The number of hydrogen-bond donors (Lipinski definition) is 3. The molecule has 37 heavy (non-hydrogen) atoms. The number of thiophene rings is 1. The number of fused-ring (bicyclic) bond motifs is 1. The third kappa shape index (κ3) is 6.01. The van der Waals surface area contributed by atoms with Crippen molar-refractivity contribution in [1.82, 2.24) is 19.9 Å². The average Bonchev–Trinajstić information content (AvgIpc) is 3.51. The molecule has 0 atom stereocenters. The molecule has 0 saturated carbocycles. The zero-order chi connectivity index (χ0) is 25.8. The number of anilines is 3. The largest absolute Gasteiger partial charge is 0.416 e. The van der Waals surface area contributed by atoms with Gasteiger partial charge in [-0.2, -0.15) is 13.2 Å². The van der Waals surface area contributed by atoms with Crippen LogP contribution in [-0.2, 0) is 12.6 Å². The zero-order valence-corrected chi connectivity index (χ0v) is 20.5. The van der Waals surface area contributed by atoms with Crippen molar-refractivity contribution < 1.29 is 18.0 Å². The highest BCUT2D eigenvalue weighted by molar-refractivity contribution is 7.22. The van der Waals surface area contributed by atoms with E-state index >= 15 is 0 Å². The molecule has 0 aliphatic rings. The first-order valence-corrected chi connectivity index (χ1v) is 12.6. The number of thiazole rings is 1. The predicted molar refractivity (Wildman–Crippen MR) is 139 cm³/mol. The number of carbonyl (C=O) groups is 1. The van der Waals surface area contributed by atoms with Crippen molar-refractivity contribution in [3.63, 3.8) is 0 Å². The summed E-state index contributed by atoms with van der Waals surface area (Å²) in [4.78, 5) is 31.3. The summed E-state index contributed by atoms with van der Waals surface area (Å²) in [7, 11) is 0. The van der Waals surface area contributed by atoms with Crippen LogP contribution in [0.4, 0.5) is 34.6 Å². The van der Waals surface area contributed by atoms with Gasteiger partial charge in [0, 0.05) is 52.6 Å². The lowest BCUT2D eigenvalue weighted by Gasteiger charge is -2.09. The summed E-state index contributed by atoms with van der Waals surface area (Å²) < 4.78 is 39.5. The number of nitrogens with zero attached hydrogens (tertiary/aromatic N) is 4. The summed E-state index contributed by atoms with van der Waals surface area (Å²) in [6.45, 7) is 0.574. The van der Waals surface area contributed by atoms with Crippen molar-refractivity contribution >= 4 is 55.6 Å². The molecule has 3 N–H and O–H groups in total. The molecule has 2 amide bonds. The maximum absolute atomic E-state index is 12.9. The molecule has 1 aromatic carbocycles. The molecule has 188 valence electrons. The Morgan fingerprint density at radius 3 is 2.68 bits per heavy atom. The molecule has 0 spiro atoms. The summed E-state index contributed by atoms with van der Waals surface area (Å²) in [5.41, 5.74) is 1.05. The molecular weight excluding hydrogens is 523 g/mol. The molecular formula is C24H18F3N7OS2. The Morgan fingerprint density at radius 1 is 0.973 bits per heavy atom. The first-order valence-electron chi connectivity index (χ1n) is 10.9. The highest BCUT2D eigenvalue weighted by Gasteiger charge is 2.30. The summed E-state index contributed by atoms with van der Waals surface area (Å²) in [5, 5.41) is 8.61. The Morgan fingerprint density at radius 2 is 1.86 bits per heavy atom. The standard InChI is InChI=1S/C24H18F3N7OS2/c25-24(26,27)15-4-1-5-16(9-15)33-22(35)34-23-30-12-17(36-23)6-8-29-21-20-18(31-13-32-21)10-19(37-20)14-3-2-7-28-11-14/h1-5,7,9-13H,6,8H2,(H,29,31,32)(H2,30,33,34,35). The van der Waals surface area contributed by atoms with E-state index in [1.807, 2.05) is 18.2 Å². The SMILES string of the molecule is O=C(Nc1cccc(C(F)(F)F)c1)Nc1ncc(CCNc2ncnc3cc(-c4cccnc4)sc23)s1. The number of halogens is 3. The lowest BCUT2D eigenvalue weighted by atomic mass is 10.2. The van der Waals surface area contributed by atoms with Crippen molar-refractivity contribution in [3.05, 3.63) is 77.8 Å². The first kappa shape index (κ1) is 24.6. The maximum Gasteiger partial charge on any atom is 0.416 e. The zero-order valence-electron chi connectivity index (χ0n) is 18.9. The maximum atomic E-state index is 12.9. The third-order valence-electron chi connectivity index (χ3n) is 5.14. The molecule has 0 unspecified atom stereocenters. The predicted octanol–water partition coefficient (Wildman–Crippen LogP) is 6.53. The monoisotopic (exact) mass is 541 g/mol. The van der Waals surface area contributed by atoms with Crippen LogP contribution in [0.25, 0.3) is 20.7 Å². The van der Waals surface area contributed by atoms with E-state index in [0.717, 1.165) is 43.5 Å². The molecule has 4 heterocycles. The molecule has 13 heteroatoms. The quantitative estimate of drug-likeness (QED) is 0.217. The fourth-order valence-electron chi connectivity index (χ4n) is 3.45. The van der Waals surface area contributed by atoms with Gasteiger partial charge < -0.3 is 10.6 Å². The van der Waals surface area contributed by atoms with Crippen LogP contribution in [0.3, 0.4) is 0 Å². The van der Waals surface area contributed by atoms with Crippen molar-refractivity contribution in [2.75, 3.05) is 22.5 Å². The topological polar surface area (TPSA) is 105 Å². The molecule has 5 rings (SSSR count). The molecule has 0 aliphatic carbocycles. The van der Waals surface area contributed by atoms with Crippen molar-refractivity contribution in [2.45, 2.75) is 12.6 Å². The molecule has 0 aliphatic heterocycles. The number of urea groups is 1. The number of amides is 2. The Kier molecular flexibility index (Phi) is 6.97. The van der Waals surface area contributed by atoms with E-state index < -0.39 is 17.8 Å². The third-order valence-corrected chi connectivity index (χ3v) is 7.30. The van der Waals surface area contributed by atoms with E-state index in [4.69, 9.17) is 0 Å². The minimum absolute atomic E-state index is 0.0322. The van der Waals surface area contributed by atoms with Gasteiger partial charge in [-0.05, 0) is 30.3 Å². The van der Waals surface area contributed by atoms with E-state index in [2.05, 4.69) is 35.9 Å². The number of carbonyl (C=O) groups excluding carboxylic acids is 1. The van der Waals surface area contributed by atoms with Crippen LogP contribution in [0, 0.1) is 0 Å². The van der Waals surface area contributed by atoms with Crippen LogP contribution >= 0.6 is 22.7 Å². The molecule has 0 fully saturated rings. The van der Waals surface area contributed by atoms with Gasteiger partial charge in [0.05, 0.1) is 15.8 Å². The smallest absolute Gasteiger partial charge is 0.368 e. The average molecular weight is 542 g/mol. The molecule has 8 nitrogen and oxygen atoms in total. The number of aromatic nitrogens is 4. The van der Waals surface area contributed by atoms with E-state index in [1.54, 1.807) is 29.9 Å². The van der Waals surface area contributed by atoms with E-state index in [0.29, 0.717) is 18.1 Å². The van der Waals surface area contributed by atoms with Gasteiger partial charge in [-0.3, -0.25) is 10.3 Å². The summed E-state index contributed by atoms with van der Waals surface area (Å²) in [6.07, 6.45) is 2.83. The van der Waals surface area contributed by atoms with Crippen LogP contribution in [0.15, 0.2) is 67.4 Å². The van der Waals surface area contributed by atoms with E-state index in [9.17, 15) is 18.0 Å². The van der Waals surface area contributed by atoms with Gasteiger partial charge in [0.25, 0.3) is 0 Å². The summed E-state index contributed by atoms with van der Waals surface area (Å²) >= 11 is 2.86. The Balaban J connectivity index is 1.17. The lowest BCUT2D eigenvalue weighted by Crippen LogP contribution is -2.19. The number of alkyl halides is 3. The van der Waals surface area contributed by atoms with Crippen molar-refractivity contribution in [1.29, 1.82) is 0 Å². The number of rotatable bonds is 7. The van der Waals surface area contributed by atoms with Crippen molar-refractivity contribution in [2.24, 2.45) is 0 Å². The fraction of sp³-hybridized carbons (Fsp3) is 0.125. The minimum Gasteiger partial charge on any atom is -0.368 e.